The molecule has 0 amide bonds. The van der Waals surface area contributed by atoms with Crippen molar-refractivity contribution in [2.45, 2.75) is 26.3 Å². The van der Waals surface area contributed by atoms with Gasteiger partial charge in [0.15, 0.2) is 5.96 Å². The van der Waals surface area contributed by atoms with Gasteiger partial charge in [-0.15, -0.1) is 6.58 Å². The fraction of sp³-hybridized carbons (Fsp3) is 0.471. The number of nitro groups is 1. The largest absolute Gasteiger partial charge is 0.353 e. The van der Waals surface area contributed by atoms with Gasteiger partial charge in [-0.25, -0.2) is 4.99 Å². The van der Waals surface area contributed by atoms with Crippen molar-refractivity contribution < 1.29 is 4.92 Å². The Hall–Kier alpha value is -2.37. The van der Waals surface area contributed by atoms with Crippen LogP contribution in [0.4, 0.5) is 5.69 Å². The Balaban J connectivity index is 2.06. The number of nitrogens with zero attached hydrogens (tertiary/aromatic N) is 3. The Morgan fingerprint density at radius 3 is 2.87 bits per heavy atom. The average Bonchev–Trinajstić information content (AvgIpc) is 2.55. The molecular formula is C17H24N4O2. The van der Waals surface area contributed by atoms with Crippen LogP contribution in [-0.4, -0.2) is 35.4 Å². The van der Waals surface area contributed by atoms with Gasteiger partial charge in [0.1, 0.15) is 0 Å². The smallest absolute Gasteiger partial charge is 0.269 e. The molecule has 0 aliphatic carbocycles. The lowest BCUT2D eigenvalue weighted by Gasteiger charge is -2.33. The molecule has 1 fully saturated rings. The van der Waals surface area contributed by atoms with Crippen LogP contribution in [0.1, 0.15) is 25.3 Å². The number of non-ortho nitro benzene ring substituents is 1. The van der Waals surface area contributed by atoms with Crippen molar-refractivity contribution >= 4 is 11.6 Å². The molecule has 1 unspecified atom stereocenters. The van der Waals surface area contributed by atoms with Crippen LogP contribution in [0.3, 0.4) is 0 Å². The van der Waals surface area contributed by atoms with Crippen molar-refractivity contribution in [2.24, 2.45) is 10.9 Å². The van der Waals surface area contributed by atoms with E-state index in [0.717, 1.165) is 24.6 Å². The van der Waals surface area contributed by atoms with Crippen molar-refractivity contribution in [2.75, 3.05) is 19.6 Å². The third kappa shape index (κ3) is 5.09. The van der Waals surface area contributed by atoms with Crippen LogP contribution in [0, 0.1) is 16.0 Å². The minimum Gasteiger partial charge on any atom is -0.353 e. The van der Waals surface area contributed by atoms with Crippen molar-refractivity contribution in [3.8, 4) is 0 Å². The number of likely N-dealkylation sites (tertiary alicyclic amines) is 1. The molecule has 1 atom stereocenters. The van der Waals surface area contributed by atoms with Crippen LogP contribution < -0.4 is 5.32 Å². The molecule has 1 aromatic carbocycles. The van der Waals surface area contributed by atoms with Gasteiger partial charge in [-0.3, -0.25) is 10.1 Å². The molecule has 0 aromatic heterocycles. The molecule has 6 nitrogen and oxygen atoms in total. The molecule has 23 heavy (non-hydrogen) atoms. The Kier molecular flexibility index (Phi) is 6.14. The summed E-state index contributed by atoms with van der Waals surface area (Å²) in [6.07, 6.45) is 4.25. The predicted octanol–water partition coefficient (Wildman–Crippen LogP) is 2.96. The third-order valence-corrected chi connectivity index (χ3v) is 3.92. The molecule has 1 aliphatic rings. The molecule has 124 valence electrons. The number of hydrogen-bond acceptors (Lipinski definition) is 3. The van der Waals surface area contributed by atoms with E-state index in [9.17, 15) is 10.1 Å². The molecule has 6 heteroatoms. The summed E-state index contributed by atoms with van der Waals surface area (Å²) >= 11 is 0. The first-order valence-electron chi connectivity index (χ1n) is 7.97. The van der Waals surface area contributed by atoms with Crippen LogP contribution in [0.5, 0.6) is 0 Å². The third-order valence-electron chi connectivity index (χ3n) is 3.92. The first-order chi connectivity index (χ1) is 11.1. The molecule has 0 radical (unpaired) electrons. The second-order valence-electron chi connectivity index (χ2n) is 5.93. The molecular weight excluding hydrogens is 292 g/mol. The Morgan fingerprint density at radius 1 is 1.52 bits per heavy atom. The van der Waals surface area contributed by atoms with Gasteiger partial charge in [0.05, 0.1) is 11.5 Å². The summed E-state index contributed by atoms with van der Waals surface area (Å²) in [5, 5.41) is 14.0. The van der Waals surface area contributed by atoms with Crippen molar-refractivity contribution in [3.05, 3.63) is 52.6 Å². The fourth-order valence-corrected chi connectivity index (χ4v) is 2.70. The maximum atomic E-state index is 10.7. The SMILES string of the molecule is C=CCNC(=NCc1ccc([N+](=O)[O-])cc1)N1CCCC(C)C1. The maximum Gasteiger partial charge on any atom is 0.269 e. The summed E-state index contributed by atoms with van der Waals surface area (Å²) in [6.45, 7) is 9.18. The summed E-state index contributed by atoms with van der Waals surface area (Å²) in [5.74, 6) is 1.55. The highest BCUT2D eigenvalue weighted by Gasteiger charge is 2.19. The number of piperidine rings is 1. The lowest BCUT2D eigenvalue weighted by atomic mass is 10.0. The number of rotatable bonds is 5. The monoisotopic (exact) mass is 316 g/mol. The maximum absolute atomic E-state index is 10.7. The molecule has 1 heterocycles. The van der Waals surface area contributed by atoms with Gasteiger partial charge in [-0.1, -0.05) is 25.1 Å². The van der Waals surface area contributed by atoms with E-state index >= 15 is 0 Å². The second kappa shape index (κ2) is 8.31. The minimum absolute atomic E-state index is 0.104. The zero-order chi connectivity index (χ0) is 16.7. The lowest BCUT2D eigenvalue weighted by molar-refractivity contribution is -0.384. The highest BCUT2D eigenvalue weighted by Crippen LogP contribution is 2.16. The molecule has 0 spiro atoms. The molecule has 1 N–H and O–H groups in total. The fourth-order valence-electron chi connectivity index (χ4n) is 2.70. The van der Waals surface area contributed by atoms with Gasteiger partial charge < -0.3 is 10.2 Å². The number of nitro benzene ring substituents is 1. The molecule has 1 saturated heterocycles. The zero-order valence-electron chi connectivity index (χ0n) is 13.6. The Morgan fingerprint density at radius 2 is 2.26 bits per heavy atom. The first-order valence-corrected chi connectivity index (χ1v) is 7.97. The normalized spacial score (nSPS) is 18.6. The van der Waals surface area contributed by atoms with Crippen LogP contribution in [-0.2, 0) is 6.54 Å². The van der Waals surface area contributed by atoms with E-state index in [0.29, 0.717) is 19.0 Å². The molecule has 2 rings (SSSR count). The summed E-state index contributed by atoms with van der Waals surface area (Å²) in [4.78, 5) is 17.3. The minimum atomic E-state index is -0.390. The quantitative estimate of drug-likeness (QED) is 0.298. The van der Waals surface area contributed by atoms with Gasteiger partial charge in [0, 0.05) is 31.8 Å². The van der Waals surface area contributed by atoms with E-state index in [1.54, 1.807) is 12.1 Å². The van der Waals surface area contributed by atoms with Gasteiger partial charge in [-0.05, 0) is 24.3 Å². The van der Waals surface area contributed by atoms with E-state index in [2.05, 4.69) is 28.7 Å². The van der Waals surface area contributed by atoms with E-state index < -0.39 is 0 Å². The summed E-state index contributed by atoms with van der Waals surface area (Å²) in [6, 6.07) is 6.55. The summed E-state index contributed by atoms with van der Waals surface area (Å²) in [5.41, 5.74) is 1.06. The van der Waals surface area contributed by atoms with Gasteiger partial charge in [0.2, 0.25) is 0 Å². The summed E-state index contributed by atoms with van der Waals surface area (Å²) < 4.78 is 0. The van der Waals surface area contributed by atoms with E-state index in [-0.39, 0.29) is 10.6 Å². The van der Waals surface area contributed by atoms with Crippen LogP contribution in [0.15, 0.2) is 41.9 Å². The van der Waals surface area contributed by atoms with Crippen LogP contribution in [0.2, 0.25) is 0 Å². The Labute approximate surface area is 137 Å². The van der Waals surface area contributed by atoms with Crippen molar-refractivity contribution in [1.82, 2.24) is 10.2 Å². The van der Waals surface area contributed by atoms with Gasteiger partial charge in [0.25, 0.3) is 5.69 Å². The van der Waals surface area contributed by atoms with Gasteiger partial charge in [-0.2, -0.15) is 0 Å². The first kappa shape index (κ1) is 17.0. The number of aliphatic imine (C=N–C) groups is 1. The topological polar surface area (TPSA) is 70.8 Å². The Bertz CT molecular complexity index is 568. The number of nitrogens with one attached hydrogen (secondary N) is 1. The molecule has 0 bridgehead atoms. The van der Waals surface area contributed by atoms with Crippen LogP contribution in [0.25, 0.3) is 0 Å². The number of benzene rings is 1. The highest BCUT2D eigenvalue weighted by molar-refractivity contribution is 5.80. The van der Waals surface area contributed by atoms with E-state index in [1.165, 1.54) is 25.0 Å². The molecule has 0 saturated carbocycles. The lowest BCUT2D eigenvalue weighted by Crippen LogP contribution is -2.46. The number of guanidine groups is 1. The van der Waals surface area contributed by atoms with Crippen molar-refractivity contribution in [3.63, 3.8) is 0 Å². The second-order valence-corrected chi connectivity index (χ2v) is 5.93. The van der Waals surface area contributed by atoms with Gasteiger partial charge >= 0.3 is 0 Å². The number of hydrogen-bond donors (Lipinski definition) is 1. The predicted molar refractivity (Wildman–Crippen MR) is 92.4 cm³/mol. The van der Waals surface area contributed by atoms with E-state index in [1.807, 2.05) is 6.08 Å². The highest BCUT2D eigenvalue weighted by atomic mass is 16.6. The molecule has 1 aliphatic heterocycles. The van der Waals surface area contributed by atoms with Crippen molar-refractivity contribution in [1.29, 1.82) is 0 Å². The molecule has 1 aromatic rings. The average molecular weight is 316 g/mol. The summed E-state index contributed by atoms with van der Waals surface area (Å²) in [7, 11) is 0. The standard InChI is InChI=1S/C17H24N4O2/c1-3-10-18-17(20-11-4-5-14(2)13-20)19-12-15-6-8-16(9-7-15)21(22)23/h3,6-9,14H,1,4-5,10-13H2,2H3,(H,18,19). The zero-order valence-corrected chi connectivity index (χ0v) is 13.6. The van der Waals surface area contributed by atoms with E-state index in [4.69, 9.17) is 0 Å². The van der Waals surface area contributed by atoms with Crippen LogP contribution >= 0.6 is 0 Å².